The number of halogens is 1. The van der Waals surface area contributed by atoms with Crippen molar-refractivity contribution in [1.82, 2.24) is 30.6 Å². The van der Waals surface area contributed by atoms with Crippen molar-refractivity contribution in [2.75, 3.05) is 18.9 Å². The van der Waals surface area contributed by atoms with E-state index >= 15 is 0 Å². The average Bonchev–Trinajstić information content (AvgIpc) is 3.43. The fraction of sp³-hybridized carbons (Fsp3) is 0.417. The number of nitrogens with one attached hydrogen (secondary N) is 3. The third kappa shape index (κ3) is 3.34. The summed E-state index contributed by atoms with van der Waals surface area (Å²) in [6, 6.07) is 3.76. The number of rotatable bonds is 4. The van der Waals surface area contributed by atoms with Crippen molar-refractivity contribution >= 4 is 5.69 Å². The van der Waals surface area contributed by atoms with Crippen LogP contribution in [0.4, 0.5) is 10.1 Å². The van der Waals surface area contributed by atoms with E-state index in [9.17, 15) is 4.39 Å². The summed E-state index contributed by atoms with van der Waals surface area (Å²) in [5.74, 6) is 0.866. The van der Waals surface area contributed by atoms with Gasteiger partial charge in [0.05, 0.1) is 29.8 Å². The maximum absolute atomic E-state index is 14.5. The first-order valence-electron chi connectivity index (χ1n) is 11.3. The molecule has 33 heavy (non-hydrogen) atoms. The van der Waals surface area contributed by atoms with E-state index in [0.29, 0.717) is 24.0 Å². The molecule has 2 saturated heterocycles. The second kappa shape index (κ2) is 7.43. The molecule has 0 bridgehead atoms. The molecule has 1 unspecified atom stereocenters. The number of hydrogen-bond donors (Lipinski definition) is 3. The van der Waals surface area contributed by atoms with Crippen molar-refractivity contribution in [3.05, 3.63) is 53.1 Å². The Bertz CT molecular complexity index is 1250. The molecule has 6 rings (SSSR count). The number of benzene rings is 1. The van der Waals surface area contributed by atoms with E-state index in [0.717, 1.165) is 53.2 Å². The Kier molecular flexibility index (Phi) is 4.60. The van der Waals surface area contributed by atoms with Crippen molar-refractivity contribution in [1.29, 1.82) is 0 Å². The third-order valence-electron chi connectivity index (χ3n) is 7.16. The monoisotopic (exact) mass is 447 g/mol. The van der Waals surface area contributed by atoms with Crippen molar-refractivity contribution in [3.63, 3.8) is 0 Å². The zero-order valence-electron chi connectivity index (χ0n) is 18.9. The molecule has 0 amide bonds. The summed E-state index contributed by atoms with van der Waals surface area (Å²) < 4.78 is 20.5. The van der Waals surface area contributed by atoms with Gasteiger partial charge in [-0.2, -0.15) is 9.97 Å². The van der Waals surface area contributed by atoms with Gasteiger partial charge in [0.15, 0.2) is 5.75 Å². The van der Waals surface area contributed by atoms with Crippen LogP contribution in [0.15, 0.2) is 24.5 Å². The van der Waals surface area contributed by atoms with Crippen LogP contribution in [0.3, 0.4) is 0 Å². The zero-order chi connectivity index (χ0) is 22.7. The van der Waals surface area contributed by atoms with Gasteiger partial charge >= 0.3 is 6.01 Å². The highest BCUT2D eigenvalue weighted by atomic mass is 19.1. The highest BCUT2D eigenvalue weighted by Gasteiger charge is 2.48. The molecule has 1 aromatic carbocycles. The van der Waals surface area contributed by atoms with E-state index in [2.05, 4.69) is 32.8 Å². The number of aromatic nitrogens is 4. The fourth-order valence-electron chi connectivity index (χ4n) is 5.50. The molecule has 170 valence electrons. The van der Waals surface area contributed by atoms with Crippen molar-refractivity contribution in [2.24, 2.45) is 0 Å². The second-order valence-electron chi connectivity index (χ2n) is 9.29. The molecule has 2 aliphatic heterocycles. The maximum Gasteiger partial charge on any atom is 0.322 e. The highest BCUT2D eigenvalue weighted by Crippen LogP contribution is 2.47. The first-order chi connectivity index (χ1) is 15.9. The smallest absolute Gasteiger partial charge is 0.322 e. The maximum atomic E-state index is 14.5. The summed E-state index contributed by atoms with van der Waals surface area (Å²) in [4.78, 5) is 18.0. The Morgan fingerprint density at radius 1 is 1.21 bits per heavy atom. The van der Waals surface area contributed by atoms with Crippen LogP contribution in [0.1, 0.15) is 48.6 Å². The number of ether oxygens (including phenoxy) is 1. The van der Waals surface area contributed by atoms with Crippen molar-refractivity contribution in [3.8, 4) is 22.9 Å². The van der Waals surface area contributed by atoms with E-state index < -0.39 is 0 Å². The van der Waals surface area contributed by atoms with Crippen LogP contribution >= 0.6 is 0 Å². The summed E-state index contributed by atoms with van der Waals surface area (Å²) in [7, 11) is 1.81. The standard InChI is InChI=1S/C24H26FN7O/c1-12-28-10-14(11-29-12)33-23-30-18-8-15-16(6-13(25)7-17(15)26-3)21(18)22(31-23)19-9-20-24(2,32-19)4-5-27-20/h6-7,10-11,19-20,26-27,32H,4-5,8-9H2,1-3H3/t19?,20-,24-/m0/s1. The molecular formula is C24H26FN7O. The molecule has 3 aliphatic rings. The molecule has 0 spiro atoms. The quantitative estimate of drug-likeness (QED) is 0.439. The van der Waals surface area contributed by atoms with Crippen LogP contribution in [0.25, 0.3) is 11.1 Å². The normalized spacial score (nSPS) is 25.0. The minimum Gasteiger partial charge on any atom is -0.421 e. The highest BCUT2D eigenvalue weighted by molar-refractivity contribution is 5.83. The molecular weight excluding hydrogens is 421 g/mol. The molecule has 0 saturated carbocycles. The summed E-state index contributed by atoms with van der Waals surface area (Å²) in [5.41, 5.74) is 5.27. The van der Waals surface area contributed by atoms with Gasteiger partial charge in [-0.05, 0) is 56.5 Å². The van der Waals surface area contributed by atoms with E-state index in [1.165, 1.54) is 6.07 Å². The Hall–Kier alpha value is -3.17. The summed E-state index contributed by atoms with van der Waals surface area (Å²) in [6.07, 6.45) is 5.77. The van der Waals surface area contributed by atoms with Gasteiger partial charge in [-0.25, -0.2) is 14.4 Å². The molecule has 3 atom stereocenters. The molecule has 3 aromatic rings. The minimum atomic E-state index is -0.279. The van der Waals surface area contributed by atoms with Crippen molar-refractivity contribution in [2.45, 2.75) is 50.7 Å². The SMILES string of the molecule is CNc1cc(F)cc2c1Cc1nc(Oc3cnc(C)nc3)nc(C3C[C@@H]4NCC[C@]4(C)N3)c1-2. The van der Waals surface area contributed by atoms with Gasteiger partial charge in [0.1, 0.15) is 11.6 Å². The molecule has 3 N–H and O–H groups in total. The number of nitrogens with zero attached hydrogens (tertiary/aromatic N) is 4. The fourth-order valence-corrected chi connectivity index (χ4v) is 5.50. The summed E-state index contributed by atoms with van der Waals surface area (Å²) in [6.45, 7) is 5.08. The Balaban J connectivity index is 1.47. The van der Waals surface area contributed by atoms with Gasteiger partial charge in [-0.1, -0.05) is 0 Å². The largest absolute Gasteiger partial charge is 0.421 e. The average molecular weight is 448 g/mol. The number of hydrogen-bond acceptors (Lipinski definition) is 8. The first-order valence-corrected chi connectivity index (χ1v) is 11.3. The van der Waals surface area contributed by atoms with Gasteiger partial charge in [0.2, 0.25) is 0 Å². The molecule has 1 aliphatic carbocycles. The van der Waals surface area contributed by atoms with Gasteiger partial charge in [-0.3, -0.25) is 0 Å². The van der Waals surface area contributed by atoms with E-state index in [-0.39, 0.29) is 23.4 Å². The van der Waals surface area contributed by atoms with Crippen LogP contribution in [-0.4, -0.2) is 45.1 Å². The van der Waals surface area contributed by atoms with Gasteiger partial charge in [0.25, 0.3) is 0 Å². The molecule has 2 aromatic heterocycles. The minimum absolute atomic E-state index is 0.00776. The Morgan fingerprint density at radius 3 is 2.79 bits per heavy atom. The third-order valence-corrected chi connectivity index (χ3v) is 7.16. The lowest BCUT2D eigenvalue weighted by atomic mass is 9.95. The zero-order valence-corrected chi connectivity index (χ0v) is 18.9. The Labute approximate surface area is 191 Å². The van der Waals surface area contributed by atoms with Gasteiger partial charge in [0, 0.05) is 36.3 Å². The lowest BCUT2D eigenvalue weighted by Gasteiger charge is -2.24. The Morgan fingerprint density at radius 2 is 2.03 bits per heavy atom. The van der Waals surface area contributed by atoms with Crippen LogP contribution in [0.5, 0.6) is 11.8 Å². The lowest BCUT2D eigenvalue weighted by molar-refractivity contribution is 0.384. The number of anilines is 1. The lowest BCUT2D eigenvalue weighted by Crippen LogP contribution is -2.43. The molecule has 8 nitrogen and oxygen atoms in total. The van der Waals surface area contributed by atoms with Crippen molar-refractivity contribution < 1.29 is 9.13 Å². The van der Waals surface area contributed by atoms with E-state index in [1.54, 1.807) is 18.5 Å². The number of fused-ring (bicyclic) bond motifs is 4. The van der Waals surface area contributed by atoms with Gasteiger partial charge < -0.3 is 20.7 Å². The predicted octanol–water partition coefficient (Wildman–Crippen LogP) is 3.27. The molecule has 9 heteroatoms. The second-order valence-corrected chi connectivity index (χ2v) is 9.29. The first kappa shape index (κ1) is 20.4. The van der Waals surface area contributed by atoms with Crippen LogP contribution in [-0.2, 0) is 6.42 Å². The summed E-state index contributed by atoms with van der Waals surface area (Å²) in [5, 5.41) is 10.5. The summed E-state index contributed by atoms with van der Waals surface area (Å²) >= 11 is 0. The van der Waals surface area contributed by atoms with E-state index in [4.69, 9.17) is 14.7 Å². The van der Waals surface area contributed by atoms with Gasteiger partial charge in [-0.15, -0.1) is 0 Å². The predicted molar refractivity (Wildman–Crippen MR) is 122 cm³/mol. The van der Waals surface area contributed by atoms with E-state index in [1.807, 2.05) is 14.0 Å². The van der Waals surface area contributed by atoms with Crippen LogP contribution in [0, 0.1) is 12.7 Å². The number of aryl methyl sites for hydroxylation is 1. The molecule has 0 radical (unpaired) electrons. The molecule has 4 heterocycles. The van der Waals surface area contributed by atoms with Crippen LogP contribution < -0.4 is 20.7 Å². The van der Waals surface area contributed by atoms with Crippen LogP contribution in [0.2, 0.25) is 0 Å². The molecule has 2 fully saturated rings. The topological polar surface area (TPSA) is 96.9 Å².